The molecule has 3 aliphatic rings. The summed E-state index contributed by atoms with van der Waals surface area (Å²) >= 11 is 0. The fourth-order valence-corrected chi connectivity index (χ4v) is 6.78. The Morgan fingerprint density at radius 1 is 1.09 bits per heavy atom. The number of ether oxygens (including phenoxy) is 1. The molecule has 3 unspecified atom stereocenters. The minimum absolute atomic E-state index is 0.00423. The quantitative estimate of drug-likeness (QED) is 0.342. The number of amides is 2. The van der Waals surface area contributed by atoms with Gasteiger partial charge in [0.1, 0.15) is 0 Å². The molecule has 9 nitrogen and oxygen atoms in total. The normalized spacial score (nSPS) is 22.1. The van der Waals surface area contributed by atoms with Crippen molar-refractivity contribution >= 4 is 21.8 Å². The van der Waals surface area contributed by atoms with Crippen LogP contribution in [0.4, 0.5) is 13.2 Å². The number of nitrogens with one attached hydrogen (secondary N) is 3. The van der Waals surface area contributed by atoms with E-state index < -0.39 is 27.7 Å². The number of hydrogen-bond acceptors (Lipinski definition) is 6. The van der Waals surface area contributed by atoms with Crippen LogP contribution in [0.3, 0.4) is 0 Å². The first kappa shape index (κ1) is 33.1. The van der Waals surface area contributed by atoms with Crippen LogP contribution in [0.5, 0.6) is 0 Å². The van der Waals surface area contributed by atoms with Crippen LogP contribution >= 0.6 is 0 Å². The zero-order valence-corrected chi connectivity index (χ0v) is 25.8. The summed E-state index contributed by atoms with van der Waals surface area (Å²) < 4.78 is 70.1. The molecule has 3 saturated heterocycles. The van der Waals surface area contributed by atoms with Crippen molar-refractivity contribution in [2.75, 3.05) is 39.4 Å². The van der Waals surface area contributed by atoms with Gasteiger partial charge in [0.2, 0.25) is 15.9 Å². The molecule has 0 bridgehead atoms. The lowest BCUT2D eigenvalue weighted by molar-refractivity contribution is -0.137. The summed E-state index contributed by atoms with van der Waals surface area (Å²) in [6, 6.07) is 11.7. The Labute approximate surface area is 261 Å². The molecule has 0 aliphatic carbocycles. The fraction of sp³-hybridized carbons (Fsp3) is 0.500. The van der Waals surface area contributed by atoms with Gasteiger partial charge >= 0.3 is 6.18 Å². The first-order valence-electron chi connectivity index (χ1n) is 15.1. The highest BCUT2D eigenvalue weighted by Crippen LogP contribution is 2.35. The average molecular weight is 649 g/mol. The lowest BCUT2D eigenvalue weighted by Gasteiger charge is -2.47. The van der Waals surface area contributed by atoms with Gasteiger partial charge in [-0.2, -0.15) is 13.2 Å². The number of hydrogen-bond donors (Lipinski definition) is 3. The monoisotopic (exact) mass is 648 g/mol. The number of halogens is 3. The SMILES string of the molecule is C=CS(=O)(=O)NCC1CCN(C(=O)c2ccc(C(CC3CCC4(COC4)NC3)C(=O)NCc3ccc(C(F)(F)F)cc3)cc2)C1. The second kappa shape index (κ2) is 13.6. The second-order valence-corrected chi connectivity index (χ2v) is 14.1. The maximum atomic E-state index is 13.6. The van der Waals surface area contributed by atoms with Gasteiger partial charge in [0.25, 0.3) is 5.91 Å². The van der Waals surface area contributed by atoms with E-state index in [0.29, 0.717) is 50.3 Å². The summed E-state index contributed by atoms with van der Waals surface area (Å²) in [5, 5.41) is 7.36. The van der Waals surface area contributed by atoms with Crippen LogP contribution in [0, 0.1) is 11.8 Å². The van der Waals surface area contributed by atoms with Crippen molar-refractivity contribution in [1.82, 2.24) is 20.3 Å². The van der Waals surface area contributed by atoms with E-state index in [0.717, 1.165) is 42.5 Å². The smallest absolute Gasteiger partial charge is 0.377 e. The van der Waals surface area contributed by atoms with Crippen LogP contribution in [0.15, 0.2) is 60.5 Å². The fourth-order valence-electron chi connectivity index (χ4n) is 6.20. The molecule has 0 saturated carbocycles. The first-order chi connectivity index (χ1) is 21.4. The Bertz CT molecular complexity index is 1470. The van der Waals surface area contributed by atoms with Crippen LogP contribution in [-0.4, -0.2) is 70.1 Å². The van der Waals surface area contributed by atoms with Gasteiger partial charge in [0.15, 0.2) is 0 Å². The predicted molar refractivity (Wildman–Crippen MR) is 162 cm³/mol. The maximum Gasteiger partial charge on any atom is 0.416 e. The summed E-state index contributed by atoms with van der Waals surface area (Å²) in [6.07, 6.45) is -1.29. The molecule has 0 aromatic heterocycles. The van der Waals surface area contributed by atoms with Crippen LogP contribution < -0.4 is 15.4 Å². The van der Waals surface area contributed by atoms with E-state index in [2.05, 4.69) is 21.9 Å². The lowest BCUT2D eigenvalue weighted by atomic mass is 9.78. The molecule has 2 aromatic rings. The van der Waals surface area contributed by atoms with Gasteiger partial charge in [-0.3, -0.25) is 9.59 Å². The Balaban J connectivity index is 1.24. The first-order valence-corrected chi connectivity index (χ1v) is 16.7. The lowest BCUT2D eigenvalue weighted by Crippen LogP contribution is -2.63. The van der Waals surface area contributed by atoms with Crippen molar-refractivity contribution in [2.45, 2.75) is 49.9 Å². The summed E-state index contributed by atoms with van der Waals surface area (Å²) in [4.78, 5) is 28.5. The summed E-state index contributed by atoms with van der Waals surface area (Å²) in [5.74, 6) is -0.681. The van der Waals surface area contributed by atoms with Crippen LogP contribution in [0.25, 0.3) is 0 Å². The summed E-state index contributed by atoms with van der Waals surface area (Å²) in [6.45, 7) is 6.67. The number of nitrogens with zero attached hydrogens (tertiary/aromatic N) is 1. The topological polar surface area (TPSA) is 117 Å². The third kappa shape index (κ3) is 8.32. The van der Waals surface area contributed by atoms with E-state index in [1.54, 1.807) is 29.2 Å². The van der Waals surface area contributed by atoms with Crippen LogP contribution in [0.1, 0.15) is 58.6 Å². The van der Waals surface area contributed by atoms with Gasteiger partial charge in [-0.05, 0) is 79.5 Å². The van der Waals surface area contributed by atoms with Crippen molar-refractivity contribution in [3.63, 3.8) is 0 Å². The molecule has 1 spiro atoms. The molecule has 3 heterocycles. The molecule has 2 aromatic carbocycles. The van der Waals surface area contributed by atoms with E-state index in [-0.39, 0.29) is 42.3 Å². The van der Waals surface area contributed by atoms with Crippen molar-refractivity contribution in [3.05, 3.63) is 82.8 Å². The minimum atomic E-state index is -4.43. The Morgan fingerprint density at radius 2 is 1.80 bits per heavy atom. The van der Waals surface area contributed by atoms with Crippen molar-refractivity contribution in [1.29, 1.82) is 0 Å². The molecule has 45 heavy (non-hydrogen) atoms. The number of carbonyl (C=O) groups excluding carboxylic acids is 2. The predicted octanol–water partition coefficient (Wildman–Crippen LogP) is 3.79. The number of benzene rings is 2. The number of piperidine rings is 1. The van der Waals surface area contributed by atoms with Crippen LogP contribution in [0.2, 0.25) is 0 Å². The average Bonchev–Trinajstić information content (AvgIpc) is 3.50. The van der Waals surface area contributed by atoms with Crippen molar-refractivity contribution < 1.29 is 35.9 Å². The molecule has 2 amide bonds. The van der Waals surface area contributed by atoms with Crippen LogP contribution in [-0.2, 0) is 32.3 Å². The van der Waals surface area contributed by atoms with E-state index in [4.69, 9.17) is 4.74 Å². The molecule has 0 radical (unpaired) electrons. The minimum Gasteiger partial charge on any atom is -0.377 e. The number of sulfonamides is 1. The third-order valence-corrected chi connectivity index (χ3v) is 10.1. The van der Waals surface area contributed by atoms with Crippen molar-refractivity contribution in [2.24, 2.45) is 11.8 Å². The van der Waals surface area contributed by atoms with Gasteiger partial charge in [0.05, 0.1) is 30.2 Å². The van der Waals surface area contributed by atoms with E-state index in [1.807, 2.05) is 0 Å². The maximum absolute atomic E-state index is 13.6. The number of alkyl halides is 3. The largest absolute Gasteiger partial charge is 0.416 e. The number of carbonyl (C=O) groups is 2. The summed E-state index contributed by atoms with van der Waals surface area (Å²) in [7, 11) is -3.53. The number of rotatable bonds is 11. The molecule has 3 atom stereocenters. The molecule has 3 fully saturated rings. The molecule has 3 aliphatic heterocycles. The molecular formula is C32H39F3N4O5S. The zero-order valence-electron chi connectivity index (χ0n) is 24.9. The molecule has 5 rings (SSSR count). The Hall–Kier alpha value is -3.26. The standard InChI is InChI=1S/C32H39F3N4O5S/c1-2-45(42,43)38-18-24-12-14-39(19-24)30(41)26-7-5-25(6-8-26)28(15-23-11-13-31(37-17-23)20-44-21-31)29(40)36-16-22-3-9-27(10-4-22)32(33,34)35/h2-10,23-24,28,37-38H,1,11-21H2,(H,36,40). The molecule has 13 heteroatoms. The molecule has 3 N–H and O–H groups in total. The van der Waals surface area contributed by atoms with Gasteiger partial charge < -0.3 is 20.3 Å². The highest BCUT2D eigenvalue weighted by molar-refractivity contribution is 7.92. The highest BCUT2D eigenvalue weighted by Gasteiger charge is 2.42. The van der Waals surface area contributed by atoms with E-state index >= 15 is 0 Å². The molecule has 244 valence electrons. The second-order valence-electron chi connectivity index (χ2n) is 12.3. The van der Waals surface area contributed by atoms with E-state index in [9.17, 15) is 31.2 Å². The zero-order chi connectivity index (χ0) is 32.2. The highest BCUT2D eigenvalue weighted by atomic mass is 32.2. The van der Waals surface area contributed by atoms with Crippen molar-refractivity contribution in [3.8, 4) is 0 Å². The van der Waals surface area contributed by atoms with Gasteiger partial charge in [-0.1, -0.05) is 30.8 Å². The molecular weight excluding hydrogens is 609 g/mol. The van der Waals surface area contributed by atoms with Gasteiger partial charge in [-0.25, -0.2) is 13.1 Å². The Kier molecular flexibility index (Phi) is 10.0. The van der Waals surface area contributed by atoms with Gasteiger partial charge in [-0.15, -0.1) is 0 Å². The number of likely N-dealkylation sites (tertiary alicyclic amines) is 1. The summed E-state index contributed by atoms with van der Waals surface area (Å²) in [5.41, 5.74) is 1.07. The van der Waals surface area contributed by atoms with Gasteiger partial charge in [0, 0.05) is 37.2 Å². The third-order valence-electron chi connectivity index (χ3n) is 9.11. The Morgan fingerprint density at radius 3 is 2.38 bits per heavy atom. The van der Waals surface area contributed by atoms with E-state index in [1.165, 1.54) is 12.1 Å².